The second kappa shape index (κ2) is 7.77. The van der Waals surface area contributed by atoms with Crippen molar-refractivity contribution in [1.82, 2.24) is 4.98 Å². The third kappa shape index (κ3) is 3.72. The standard InChI is InChI=1S/C21H16N2O5S2/c1-28-18-11-14(21(24)25)9-10-17(18)23-30(26,27)19-12-29-20(22-19)16-8-4-6-13-5-2-3-7-15(13)16/h2-12,23H,1H3,(H,24,25). The van der Waals surface area contributed by atoms with Crippen LogP contribution in [0.3, 0.4) is 0 Å². The lowest BCUT2D eigenvalue weighted by atomic mass is 10.1. The van der Waals surface area contributed by atoms with Crippen molar-refractivity contribution in [2.45, 2.75) is 5.03 Å². The molecule has 0 saturated heterocycles. The van der Waals surface area contributed by atoms with E-state index in [2.05, 4.69) is 9.71 Å². The maximum Gasteiger partial charge on any atom is 0.335 e. The molecule has 0 saturated carbocycles. The number of carboxylic acid groups (broad SMARTS) is 1. The first kappa shape index (κ1) is 19.9. The summed E-state index contributed by atoms with van der Waals surface area (Å²) < 4.78 is 33.3. The Hall–Kier alpha value is -3.43. The summed E-state index contributed by atoms with van der Waals surface area (Å²) in [7, 11) is -2.66. The number of rotatable bonds is 6. The molecule has 2 N–H and O–H groups in total. The minimum Gasteiger partial charge on any atom is -0.495 e. The Morgan fingerprint density at radius 2 is 1.87 bits per heavy atom. The minimum absolute atomic E-state index is 0.0123. The molecule has 152 valence electrons. The molecule has 0 aliphatic rings. The first-order chi connectivity index (χ1) is 14.4. The van der Waals surface area contributed by atoms with E-state index in [4.69, 9.17) is 9.84 Å². The van der Waals surface area contributed by atoms with Crippen LogP contribution in [0.2, 0.25) is 0 Å². The fraction of sp³-hybridized carbons (Fsp3) is 0.0476. The number of benzene rings is 3. The second-order valence-electron chi connectivity index (χ2n) is 6.34. The number of aromatic carboxylic acids is 1. The Balaban J connectivity index is 1.68. The van der Waals surface area contributed by atoms with Gasteiger partial charge in [0.05, 0.1) is 18.4 Å². The van der Waals surface area contributed by atoms with Gasteiger partial charge in [-0.2, -0.15) is 8.42 Å². The highest BCUT2D eigenvalue weighted by Gasteiger charge is 2.22. The topological polar surface area (TPSA) is 106 Å². The number of hydrogen-bond acceptors (Lipinski definition) is 6. The summed E-state index contributed by atoms with van der Waals surface area (Å²) in [5.74, 6) is -1.04. The number of carbonyl (C=O) groups is 1. The summed E-state index contributed by atoms with van der Waals surface area (Å²) in [5.41, 5.74) is 0.965. The van der Waals surface area contributed by atoms with Gasteiger partial charge in [0.1, 0.15) is 10.8 Å². The number of fused-ring (bicyclic) bond motifs is 1. The number of ether oxygens (including phenoxy) is 1. The summed E-state index contributed by atoms with van der Waals surface area (Å²) in [6.07, 6.45) is 0. The SMILES string of the molecule is COc1cc(C(=O)O)ccc1NS(=O)(=O)c1csc(-c2cccc3ccccc23)n1. The predicted molar refractivity (Wildman–Crippen MR) is 116 cm³/mol. The summed E-state index contributed by atoms with van der Waals surface area (Å²) in [5, 5.41) is 13.0. The fourth-order valence-electron chi connectivity index (χ4n) is 3.02. The Bertz CT molecular complexity index is 1360. The highest BCUT2D eigenvalue weighted by atomic mass is 32.2. The largest absolute Gasteiger partial charge is 0.495 e. The number of thiazole rings is 1. The number of nitrogens with one attached hydrogen (secondary N) is 1. The van der Waals surface area contributed by atoms with E-state index in [1.165, 1.54) is 42.0 Å². The lowest BCUT2D eigenvalue weighted by Crippen LogP contribution is -2.14. The molecular weight excluding hydrogens is 424 g/mol. The number of sulfonamides is 1. The molecule has 1 heterocycles. The first-order valence-corrected chi connectivity index (χ1v) is 11.1. The van der Waals surface area contributed by atoms with E-state index in [1.54, 1.807) is 0 Å². The van der Waals surface area contributed by atoms with Crippen LogP contribution in [-0.2, 0) is 10.0 Å². The number of nitrogens with zero attached hydrogens (tertiary/aromatic N) is 1. The van der Waals surface area contributed by atoms with Gasteiger partial charge in [0.2, 0.25) is 0 Å². The van der Waals surface area contributed by atoms with Crippen LogP contribution in [0.25, 0.3) is 21.3 Å². The molecule has 3 aromatic carbocycles. The van der Waals surface area contributed by atoms with Crippen LogP contribution in [0.1, 0.15) is 10.4 Å². The van der Waals surface area contributed by atoms with E-state index in [0.29, 0.717) is 5.01 Å². The van der Waals surface area contributed by atoms with Crippen LogP contribution in [0.4, 0.5) is 5.69 Å². The summed E-state index contributed by atoms with van der Waals surface area (Å²) in [6, 6.07) is 17.5. The van der Waals surface area contributed by atoms with Gasteiger partial charge in [0, 0.05) is 10.9 Å². The van der Waals surface area contributed by atoms with Crippen LogP contribution in [0, 0.1) is 0 Å². The van der Waals surface area contributed by atoms with Crippen molar-refractivity contribution in [3.8, 4) is 16.3 Å². The normalized spacial score (nSPS) is 11.4. The van der Waals surface area contributed by atoms with E-state index < -0.39 is 16.0 Å². The van der Waals surface area contributed by atoms with Gasteiger partial charge < -0.3 is 9.84 Å². The molecule has 4 aromatic rings. The first-order valence-electron chi connectivity index (χ1n) is 8.77. The Morgan fingerprint density at radius 3 is 2.63 bits per heavy atom. The number of aromatic nitrogens is 1. The molecule has 4 rings (SSSR count). The number of methoxy groups -OCH3 is 1. The molecule has 9 heteroatoms. The quantitative estimate of drug-likeness (QED) is 0.458. The summed E-state index contributed by atoms with van der Waals surface area (Å²) >= 11 is 1.23. The van der Waals surface area contributed by atoms with Crippen LogP contribution in [-0.4, -0.2) is 31.6 Å². The maximum atomic E-state index is 12.9. The van der Waals surface area contributed by atoms with Gasteiger partial charge >= 0.3 is 5.97 Å². The molecule has 0 radical (unpaired) electrons. The molecule has 1 aromatic heterocycles. The van der Waals surface area contributed by atoms with Crippen molar-refractivity contribution >= 4 is 43.8 Å². The lowest BCUT2D eigenvalue weighted by Gasteiger charge is -2.11. The van der Waals surface area contributed by atoms with Crippen LogP contribution in [0.5, 0.6) is 5.75 Å². The Kier molecular flexibility index (Phi) is 5.15. The highest BCUT2D eigenvalue weighted by Crippen LogP contribution is 2.33. The fourth-order valence-corrected chi connectivity index (χ4v) is 5.23. The van der Waals surface area contributed by atoms with Crippen molar-refractivity contribution in [3.63, 3.8) is 0 Å². The molecule has 0 unspecified atom stereocenters. The molecule has 7 nitrogen and oxygen atoms in total. The number of hydrogen-bond donors (Lipinski definition) is 2. The summed E-state index contributed by atoms with van der Waals surface area (Å²) in [4.78, 5) is 15.4. The Labute approximate surface area is 176 Å². The average Bonchev–Trinajstić information content (AvgIpc) is 3.24. The van der Waals surface area contributed by atoms with Crippen LogP contribution >= 0.6 is 11.3 Å². The van der Waals surface area contributed by atoms with Gasteiger partial charge in [-0.25, -0.2) is 9.78 Å². The molecule has 0 spiro atoms. The molecule has 0 aliphatic heterocycles. The van der Waals surface area contributed by atoms with E-state index in [-0.39, 0.29) is 22.0 Å². The van der Waals surface area contributed by atoms with E-state index in [9.17, 15) is 13.2 Å². The molecular formula is C21H16N2O5S2. The molecule has 0 bridgehead atoms. The van der Waals surface area contributed by atoms with Crippen LogP contribution in [0.15, 0.2) is 71.1 Å². The summed E-state index contributed by atoms with van der Waals surface area (Å²) in [6.45, 7) is 0. The van der Waals surface area contributed by atoms with Gasteiger partial charge in [-0.1, -0.05) is 42.5 Å². The van der Waals surface area contributed by atoms with Crippen molar-refractivity contribution in [2.24, 2.45) is 0 Å². The zero-order valence-electron chi connectivity index (χ0n) is 15.7. The second-order valence-corrected chi connectivity index (χ2v) is 8.83. The molecule has 0 atom stereocenters. The number of carboxylic acids is 1. The van der Waals surface area contributed by atoms with Crippen molar-refractivity contribution < 1.29 is 23.1 Å². The third-order valence-corrected chi connectivity index (χ3v) is 6.74. The molecule has 30 heavy (non-hydrogen) atoms. The van der Waals surface area contributed by atoms with E-state index in [1.807, 2.05) is 42.5 Å². The van der Waals surface area contributed by atoms with Crippen molar-refractivity contribution in [3.05, 3.63) is 71.6 Å². The number of anilines is 1. The van der Waals surface area contributed by atoms with Gasteiger partial charge in [-0.3, -0.25) is 4.72 Å². The van der Waals surface area contributed by atoms with Crippen LogP contribution < -0.4 is 9.46 Å². The van der Waals surface area contributed by atoms with E-state index in [0.717, 1.165) is 16.3 Å². The van der Waals surface area contributed by atoms with Gasteiger partial charge in [0.15, 0.2) is 5.03 Å². The maximum absolute atomic E-state index is 12.9. The predicted octanol–water partition coefficient (Wildman–Crippen LogP) is 4.47. The average molecular weight is 441 g/mol. The molecule has 0 aliphatic carbocycles. The van der Waals surface area contributed by atoms with Gasteiger partial charge in [0.25, 0.3) is 10.0 Å². The highest BCUT2D eigenvalue weighted by molar-refractivity contribution is 7.92. The molecule has 0 fully saturated rings. The minimum atomic E-state index is -4.00. The zero-order chi connectivity index (χ0) is 21.3. The monoisotopic (exact) mass is 440 g/mol. The smallest absolute Gasteiger partial charge is 0.335 e. The lowest BCUT2D eigenvalue weighted by molar-refractivity contribution is 0.0696. The molecule has 0 amide bonds. The zero-order valence-corrected chi connectivity index (χ0v) is 17.3. The van der Waals surface area contributed by atoms with E-state index >= 15 is 0 Å². The van der Waals surface area contributed by atoms with Gasteiger partial charge in [-0.05, 0) is 29.0 Å². The Morgan fingerprint density at radius 1 is 1.10 bits per heavy atom. The van der Waals surface area contributed by atoms with Gasteiger partial charge in [-0.15, -0.1) is 11.3 Å². The van der Waals surface area contributed by atoms with Crippen molar-refractivity contribution in [1.29, 1.82) is 0 Å². The third-order valence-electron chi connectivity index (χ3n) is 4.47. The van der Waals surface area contributed by atoms with Crippen molar-refractivity contribution in [2.75, 3.05) is 11.8 Å².